The van der Waals surface area contributed by atoms with Crippen molar-refractivity contribution in [1.29, 1.82) is 0 Å². The summed E-state index contributed by atoms with van der Waals surface area (Å²) in [6.07, 6.45) is 3.60. The highest BCUT2D eigenvalue weighted by atomic mass is 28.4. The molecule has 0 spiro atoms. The van der Waals surface area contributed by atoms with Crippen molar-refractivity contribution in [2.75, 3.05) is 13.7 Å². The van der Waals surface area contributed by atoms with Gasteiger partial charge in [0.15, 0.2) is 8.32 Å². The quantitative estimate of drug-likeness (QED) is 0.544. The Bertz CT molecular complexity index is 183. The van der Waals surface area contributed by atoms with Crippen molar-refractivity contribution >= 4 is 8.32 Å². The predicted octanol–water partition coefficient (Wildman–Crippen LogP) is 3.79. The van der Waals surface area contributed by atoms with Crippen molar-refractivity contribution in [2.24, 2.45) is 0 Å². The molecule has 0 unspecified atom stereocenters. The van der Waals surface area contributed by atoms with Crippen LogP contribution < -0.4 is 5.32 Å². The first-order chi connectivity index (χ1) is 7.24. The standard InChI is InChI=1S/C13H31NOSi/c1-8-12(14-5)10-9-11-15-16(6,7)13(2,3)4/h12,14H,8-11H2,1-7H3/t12-/m0/s1. The fourth-order valence-electron chi connectivity index (χ4n) is 1.43. The Morgan fingerprint density at radius 1 is 1.25 bits per heavy atom. The van der Waals surface area contributed by atoms with Gasteiger partial charge in [-0.3, -0.25) is 0 Å². The Morgan fingerprint density at radius 3 is 2.19 bits per heavy atom. The first-order valence-electron chi connectivity index (χ1n) is 6.56. The predicted molar refractivity (Wildman–Crippen MR) is 75.5 cm³/mol. The van der Waals surface area contributed by atoms with Crippen LogP contribution in [0, 0.1) is 0 Å². The van der Waals surface area contributed by atoms with Crippen LogP contribution >= 0.6 is 0 Å². The molecule has 0 aromatic rings. The molecule has 0 saturated carbocycles. The zero-order valence-corrected chi connectivity index (χ0v) is 13.3. The van der Waals surface area contributed by atoms with Gasteiger partial charge in [0.2, 0.25) is 0 Å². The molecule has 0 amide bonds. The Labute approximate surface area is 103 Å². The topological polar surface area (TPSA) is 21.3 Å². The van der Waals surface area contributed by atoms with Crippen LogP contribution in [0.3, 0.4) is 0 Å². The van der Waals surface area contributed by atoms with E-state index in [0.29, 0.717) is 11.1 Å². The smallest absolute Gasteiger partial charge is 0.191 e. The van der Waals surface area contributed by atoms with Crippen LogP contribution in [0.5, 0.6) is 0 Å². The molecule has 0 radical (unpaired) electrons. The van der Waals surface area contributed by atoms with E-state index < -0.39 is 8.32 Å². The molecule has 0 aliphatic carbocycles. The average Bonchev–Trinajstić information content (AvgIpc) is 2.16. The zero-order valence-electron chi connectivity index (χ0n) is 12.3. The van der Waals surface area contributed by atoms with E-state index in [2.05, 4.69) is 46.1 Å². The third-order valence-electron chi connectivity index (χ3n) is 3.87. The Hall–Kier alpha value is 0.137. The van der Waals surface area contributed by atoms with Gasteiger partial charge in [0.05, 0.1) is 0 Å². The lowest BCUT2D eigenvalue weighted by Gasteiger charge is -2.36. The van der Waals surface area contributed by atoms with Crippen LogP contribution in [0.15, 0.2) is 0 Å². The van der Waals surface area contributed by atoms with Gasteiger partial charge in [0.25, 0.3) is 0 Å². The summed E-state index contributed by atoms with van der Waals surface area (Å²) >= 11 is 0. The summed E-state index contributed by atoms with van der Waals surface area (Å²) in [5, 5.41) is 3.67. The number of hydrogen-bond donors (Lipinski definition) is 1. The molecular formula is C13H31NOSi. The monoisotopic (exact) mass is 245 g/mol. The summed E-state index contributed by atoms with van der Waals surface area (Å²) in [6.45, 7) is 14.7. The Balaban J connectivity index is 3.82. The number of hydrogen-bond acceptors (Lipinski definition) is 2. The van der Waals surface area contributed by atoms with E-state index in [1.54, 1.807) is 0 Å². The van der Waals surface area contributed by atoms with Crippen LogP contribution in [0.4, 0.5) is 0 Å². The maximum absolute atomic E-state index is 6.14. The average molecular weight is 245 g/mol. The molecule has 1 atom stereocenters. The molecule has 0 saturated heterocycles. The molecule has 98 valence electrons. The molecule has 0 aliphatic heterocycles. The summed E-state index contributed by atoms with van der Waals surface area (Å²) in [5.41, 5.74) is 0. The highest BCUT2D eigenvalue weighted by Gasteiger charge is 2.36. The molecule has 3 heteroatoms. The van der Waals surface area contributed by atoms with Crippen LogP contribution in [-0.4, -0.2) is 28.0 Å². The maximum Gasteiger partial charge on any atom is 0.191 e. The highest BCUT2D eigenvalue weighted by molar-refractivity contribution is 6.74. The van der Waals surface area contributed by atoms with Crippen molar-refractivity contribution < 1.29 is 4.43 Å². The van der Waals surface area contributed by atoms with Crippen molar-refractivity contribution in [3.8, 4) is 0 Å². The van der Waals surface area contributed by atoms with Crippen LogP contribution in [-0.2, 0) is 4.43 Å². The minimum Gasteiger partial charge on any atom is -0.417 e. The molecule has 2 nitrogen and oxygen atoms in total. The van der Waals surface area contributed by atoms with Crippen LogP contribution in [0.2, 0.25) is 18.1 Å². The first-order valence-corrected chi connectivity index (χ1v) is 9.46. The zero-order chi connectivity index (χ0) is 12.8. The second-order valence-corrected chi connectivity index (χ2v) is 11.0. The Kier molecular flexibility index (Phi) is 6.83. The molecule has 0 aromatic heterocycles. The van der Waals surface area contributed by atoms with Crippen molar-refractivity contribution in [2.45, 2.75) is 71.1 Å². The normalized spacial score (nSPS) is 15.2. The van der Waals surface area contributed by atoms with Gasteiger partial charge in [-0.05, 0) is 44.4 Å². The van der Waals surface area contributed by atoms with Gasteiger partial charge in [0.1, 0.15) is 0 Å². The van der Waals surface area contributed by atoms with Gasteiger partial charge in [0, 0.05) is 12.6 Å². The molecule has 1 N–H and O–H groups in total. The molecular weight excluding hydrogens is 214 g/mol. The SMILES string of the molecule is CC[C@@H](CCCO[Si](C)(C)C(C)(C)C)NC. The fourth-order valence-corrected chi connectivity index (χ4v) is 2.51. The van der Waals surface area contributed by atoms with E-state index in [0.717, 1.165) is 6.61 Å². The van der Waals surface area contributed by atoms with Gasteiger partial charge < -0.3 is 9.74 Å². The lowest BCUT2D eigenvalue weighted by atomic mass is 10.1. The van der Waals surface area contributed by atoms with Gasteiger partial charge in [-0.1, -0.05) is 27.7 Å². The van der Waals surface area contributed by atoms with Crippen molar-refractivity contribution in [1.82, 2.24) is 5.32 Å². The molecule has 0 aromatic carbocycles. The molecule has 0 rings (SSSR count). The highest BCUT2D eigenvalue weighted by Crippen LogP contribution is 2.36. The minimum atomic E-state index is -1.52. The van der Waals surface area contributed by atoms with Gasteiger partial charge in [-0.25, -0.2) is 0 Å². The second-order valence-electron chi connectivity index (χ2n) is 6.14. The van der Waals surface area contributed by atoms with E-state index in [4.69, 9.17) is 4.43 Å². The second kappa shape index (κ2) is 6.77. The van der Waals surface area contributed by atoms with E-state index >= 15 is 0 Å². The van der Waals surface area contributed by atoms with Gasteiger partial charge >= 0.3 is 0 Å². The third kappa shape index (κ3) is 5.46. The molecule has 0 fully saturated rings. The third-order valence-corrected chi connectivity index (χ3v) is 8.41. The Morgan fingerprint density at radius 2 is 1.81 bits per heavy atom. The molecule has 16 heavy (non-hydrogen) atoms. The summed E-state index contributed by atoms with van der Waals surface area (Å²) in [6, 6.07) is 0.656. The fraction of sp³-hybridized carbons (Fsp3) is 1.00. The largest absolute Gasteiger partial charge is 0.417 e. The number of rotatable bonds is 7. The summed E-state index contributed by atoms with van der Waals surface area (Å²) in [7, 11) is 0.527. The summed E-state index contributed by atoms with van der Waals surface area (Å²) in [5.74, 6) is 0. The van der Waals surface area contributed by atoms with E-state index in [1.165, 1.54) is 19.3 Å². The lowest BCUT2D eigenvalue weighted by molar-refractivity contribution is 0.271. The minimum absolute atomic E-state index is 0.333. The van der Waals surface area contributed by atoms with E-state index in [-0.39, 0.29) is 0 Å². The number of nitrogens with one attached hydrogen (secondary N) is 1. The van der Waals surface area contributed by atoms with Gasteiger partial charge in [-0.2, -0.15) is 0 Å². The van der Waals surface area contributed by atoms with Gasteiger partial charge in [-0.15, -0.1) is 0 Å². The maximum atomic E-state index is 6.14. The molecule has 0 aliphatic rings. The first kappa shape index (κ1) is 16.1. The van der Waals surface area contributed by atoms with E-state index in [1.807, 2.05) is 7.05 Å². The van der Waals surface area contributed by atoms with Crippen LogP contribution in [0.25, 0.3) is 0 Å². The summed E-state index contributed by atoms with van der Waals surface area (Å²) < 4.78 is 6.14. The van der Waals surface area contributed by atoms with Crippen molar-refractivity contribution in [3.05, 3.63) is 0 Å². The van der Waals surface area contributed by atoms with E-state index in [9.17, 15) is 0 Å². The lowest BCUT2D eigenvalue weighted by Crippen LogP contribution is -2.41. The van der Waals surface area contributed by atoms with Crippen LogP contribution in [0.1, 0.15) is 47.0 Å². The van der Waals surface area contributed by atoms with Crippen molar-refractivity contribution in [3.63, 3.8) is 0 Å². The summed E-state index contributed by atoms with van der Waals surface area (Å²) in [4.78, 5) is 0. The molecule has 0 bridgehead atoms. The molecule has 0 heterocycles.